The quantitative estimate of drug-likeness (QED) is 0.497. The van der Waals surface area contributed by atoms with E-state index in [0.29, 0.717) is 23.9 Å². The fourth-order valence-electron chi connectivity index (χ4n) is 4.36. The fraction of sp³-hybridized carbons (Fsp3) is 0.480. The van der Waals surface area contributed by atoms with E-state index in [-0.39, 0.29) is 5.92 Å². The lowest BCUT2D eigenvalue weighted by Crippen LogP contribution is -2.33. The zero-order chi connectivity index (χ0) is 22.7. The average Bonchev–Trinajstić information content (AvgIpc) is 3.16. The maximum Gasteiger partial charge on any atom is 0.243 e. The number of nitrogens with zero attached hydrogens (tertiary/aromatic N) is 3. The Bertz CT molecular complexity index is 1160. The van der Waals surface area contributed by atoms with Gasteiger partial charge in [-0.1, -0.05) is 43.7 Å². The predicted molar refractivity (Wildman–Crippen MR) is 127 cm³/mol. The first-order chi connectivity index (χ1) is 15.3. The topological polar surface area (TPSA) is 64.4 Å². The van der Waals surface area contributed by atoms with Crippen LogP contribution in [-0.2, 0) is 27.8 Å². The van der Waals surface area contributed by atoms with Crippen LogP contribution in [0.3, 0.4) is 0 Å². The van der Waals surface area contributed by atoms with Crippen molar-refractivity contribution in [3.63, 3.8) is 0 Å². The van der Waals surface area contributed by atoms with Crippen molar-refractivity contribution in [2.45, 2.75) is 51.6 Å². The van der Waals surface area contributed by atoms with Crippen LogP contribution in [-0.4, -0.2) is 42.3 Å². The Morgan fingerprint density at radius 3 is 2.66 bits per heavy atom. The molecule has 1 aliphatic rings. The van der Waals surface area contributed by atoms with Crippen LogP contribution in [0.5, 0.6) is 0 Å². The van der Waals surface area contributed by atoms with Crippen LogP contribution >= 0.6 is 0 Å². The predicted octanol–water partition coefficient (Wildman–Crippen LogP) is 4.62. The van der Waals surface area contributed by atoms with E-state index in [1.165, 1.54) is 0 Å². The summed E-state index contributed by atoms with van der Waals surface area (Å²) in [5.74, 6) is 0.770. The van der Waals surface area contributed by atoms with Gasteiger partial charge in [-0.25, -0.2) is 8.42 Å². The first-order valence-electron chi connectivity index (χ1n) is 11.4. The van der Waals surface area contributed by atoms with Crippen LogP contribution in [0.2, 0.25) is 0 Å². The number of benzene rings is 2. The lowest BCUT2D eigenvalue weighted by molar-refractivity contribution is 0.0605. The number of sulfonamides is 1. The van der Waals surface area contributed by atoms with E-state index >= 15 is 0 Å². The minimum absolute atomic E-state index is 0.223. The highest BCUT2D eigenvalue weighted by molar-refractivity contribution is 7.89. The van der Waals surface area contributed by atoms with Crippen molar-refractivity contribution < 1.29 is 13.2 Å². The summed E-state index contributed by atoms with van der Waals surface area (Å²) in [6.07, 6.45) is 3.86. The van der Waals surface area contributed by atoms with Crippen molar-refractivity contribution >= 4 is 20.9 Å². The smallest absolute Gasteiger partial charge is 0.243 e. The molecule has 1 aliphatic heterocycles. The van der Waals surface area contributed by atoms with Gasteiger partial charge in [0.05, 0.1) is 16.6 Å². The molecule has 7 heteroatoms. The van der Waals surface area contributed by atoms with Crippen molar-refractivity contribution in [2.75, 3.05) is 19.8 Å². The first-order valence-corrected chi connectivity index (χ1v) is 12.9. The van der Waals surface area contributed by atoms with Crippen LogP contribution < -0.4 is 0 Å². The average molecular weight is 456 g/mol. The molecule has 0 N–H and O–H groups in total. The fourth-order valence-corrected chi connectivity index (χ4v) is 5.99. The van der Waals surface area contributed by atoms with Crippen molar-refractivity contribution in [3.8, 4) is 0 Å². The van der Waals surface area contributed by atoms with Gasteiger partial charge < -0.3 is 4.74 Å². The van der Waals surface area contributed by atoms with E-state index in [9.17, 15) is 8.42 Å². The van der Waals surface area contributed by atoms with Gasteiger partial charge in [0.15, 0.2) is 0 Å². The minimum atomic E-state index is -3.64. The Labute approximate surface area is 191 Å². The first kappa shape index (κ1) is 23.0. The molecule has 1 aromatic heterocycles. The molecule has 3 aromatic rings. The molecular weight excluding hydrogens is 422 g/mol. The highest BCUT2D eigenvalue weighted by atomic mass is 32.2. The Morgan fingerprint density at radius 2 is 1.94 bits per heavy atom. The van der Waals surface area contributed by atoms with Gasteiger partial charge in [0.1, 0.15) is 0 Å². The highest BCUT2D eigenvalue weighted by Gasteiger charge is 2.26. The summed E-state index contributed by atoms with van der Waals surface area (Å²) in [4.78, 5) is 0.323. The number of rotatable bonds is 8. The second-order valence-corrected chi connectivity index (χ2v) is 11.2. The van der Waals surface area contributed by atoms with Crippen molar-refractivity contribution in [3.05, 3.63) is 59.8 Å². The molecule has 1 fully saturated rings. The second-order valence-electron chi connectivity index (χ2n) is 9.28. The molecule has 1 saturated heterocycles. The third-order valence-corrected chi connectivity index (χ3v) is 7.84. The number of hydrogen-bond donors (Lipinski definition) is 0. The zero-order valence-corrected chi connectivity index (χ0v) is 20.0. The van der Waals surface area contributed by atoms with Gasteiger partial charge in [-0.15, -0.1) is 0 Å². The van der Waals surface area contributed by atoms with E-state index in [2.05, 4.69) is 5.10 Å². The van der Waals surface area contributed by atoms with Gasteiger partial charge in [0.25, 0.3) is 0 Å². The molecule has 4 rings (SSSR count). The number of ether oxygens (including phenoxy) is 1. The monoisotopic (exact) mass is 455 g/mol. The molecule has 0 spiro atoms. The maximum atomic E-state index is 13.6. The summed E-state index contributed by atoms with van der Waals surface area (Å²) in [7, 11) is -3.64. The lowest BCUT2D eigenvalue weighted by Gasteiger charge is -2.24. The van der Waals surface area contributed by atoms with Gasteiger partial charge in [-0.2, -0.15) is 9.40 Å². The molecule has 0 radical (unpaired) electrons. The van der Waals surface area contributed by atoms with E-state index in [0.717, 1.165) is 54.6 Å². The molecule has 0 atom stereocenters. The number of aromatic nitrogens is 2. The van der Waals surface area contributed by atoms with Crippen molar-refractivity contribution in [2.24, 2.45) is 11.8 Å². The standard InChI is InChI=1S/C25H33N3O3S/c1-19(2)16-27(17-22-6-4-5-20(3)13-22)32(29,30)24-7-8-25-23(14-24)15-26-28(25)18-21-9-11-31-12-10-21/h4-8,13-15,19,21H,9-12,16-18H2,1-3H3. The second kappa shape index (κ2) is 9.73. The van der Waals surface area contributed by atoms with Crippen LogP contribution in [0.15, 0.2) is 53.6 Å². The van der Waals surface area contributed by atoms with Crippen LogP contribution in [0, 0.1) is 18.8 Å². The van der Waals surface area contributed by atoms with E-state index in [1.54, 1.807) is 22.6 Å². The molecule has 2 heterocycles. The van der Waals surface area contributed by atoms with E-state index in [1.807, 2.05) is 55.8 Å². The van der Waals surface area contributed by atoms with Gasteiger partial charge in [-0.3, -0.25) is 4.68 Å². The van der Waals surface area contributed by atoms with Gasteiger partial charge >= 0.3 is 0 Å². The third kappa shape index (κ3) is 5.22. The molecule has 172 valence electrons. The maximum absolute atomic E-state index is 13.6. The van der Waals surface area contributed by atoms with Crippen LogP contribution in [0.1, 0.15) is 37.8 Å². The SMILES string of the molecule is Cc1cccc(CN(CC(C)C)S(=O)(=O)c2ccc3c(cnn3CC3CCOCC3)c2)c1. The Balaban J connectivity index is 1.60. The summed E-state index contributed by atoms with van der Waals surface area (Å²) in [6.45, 7) is 9.39. The molecule has 0 unspecified atom stereocenters. The zero-order valence-electron chi connectivity index (χ0n) is 19.2. The van der Waals surface area contributed by atoms with E-state index in [4.69, 9.17) is 4.74 Å². The van der Waals surface area contributed by atoms with Gasteiger partial charge in [-0.05, 0) is 55.4 Å². The molecule has 32 heavy (non-hydrogen) atoms. The molecule has 6 nitrogen and oxygen atoms in total. The summed E-state index contributed by atoms with van der Waals surface area (Å²) in [6, 6.07) is 13.4. The summed E-state index contributed by atoms with van der Waals surface area (Å²) in [5, 5.41) is 5.41. The Hall–Kier alpha value is -2.22. The molecule has 0 bridgehead atoms. The van der Waals surface area contributed by atoms with Crippen LogP contribution in [0.4, 0.5) is 0 Å². The van der Waals surface area contributed by atoms with E-state index < -0.39 is 10.0 Å². The third-order valence-electron chi connectivity index (χ3n) is 6.03. The normalized spacial score (nSPS) is 15.8. The molecular formula is C25H33N3O3S. The van der Waals surface area contributed by atoms with Crippen LogP contribution in [0.25, 0.3) is 10.9 Å². The number of fused-ring (bicyclic) bond motifs is 1. The molecule has 0 aliphatic carbocycles. The lowest BCUT2D eigenvalue weighted by atomic mass is 10.0. The molecule has 0 amide bonds. The van der Waals surface area contributed by atoms with Crippen molar-refractivity contribution in [1.82, 2.24) is 14.1 Å². The van der Waals surface area contributed by atoms with Gasteiger partial charge in [0.2, 0.25) is 10.0 Å². The Kier molecular flexibility index (Phi) is 6.98. The minimum Gasteiger partial charge on any atom is -0.381 e. The largest absolute Gasteiger partial charge is 0.381 e. The highest BCUT2D eigenvalue weighted by Crippen LogP contribution is 2.26. The molecule has 2 aromatic carbocycles. The summed E-state index contributed by atoms with van der Waals surface area (Å²) in [5.41, 5.74) is 3.10. The number of aryl methyl sites for hydroxylation is 1. The summed E-state index contributed by atoms with van der Waals surface area (Å²) < 4.78 is 36.3. The summed E-state index contributed by atoms with van der Waals surface area (Å²) >= 11 is 0. The van der Waals surface area contributed by atoms with Gasteiger partial charge in [0, 0.05) is 38.2 Å². The number of hydrogen-bond acceptors (Lipinski definition) is 4. The molecule has 0 saturated carbocycles. The Morgan fingerprint density at radius 1 is 1.16 bits per heavy atom. The van der Waals surface area contributed by atoms with Crippen molar-refractivity contribution in [1.29, 1.82) is 0 Å².